The van der Waals surface area contributed by atoms with Gasteiger partial charge in [0.05, 0.1) is 19.3 Å². The van der Waals surface area contributed by atoms with Crippen LogP contribution in [0.15, 0.2) is 12.4 Å². The predicted molar refractivity (Wildman–Crippen MR) is 76.2 cm³/mol. The molecule has 1 aliphatic carbocycles. The highest BCUT2D eigenvalue weighted by atomic mass is 15.3. The maximum absolute atomic E-state index is 4.31. The first-order chi connectivity index (χ1) is 9.63. The van der Waals surface area contributed by atoms with Gasteiger partial charge in [-0.1, -0.05) is 0 Å². The van der Waals surface area contributed by atoms with Gasteiger partial charge in [-0.2, -0.15) is 5.10 Å². The Hall–Kier alpha value is -1.69. The smallest absolute Gasteiger partial charge is 0.146 e. The van der Waals surface area contributed by atoms with Crippen LogP contribution in [0.5, 0.6) is 0 Å². The lowest BCUT2D eigenvalue weighted by Gasteiger charge is -2.13. The van der Waals surface area contributed by atoms with Gasteiger partial charge in [0, 0.05) is 25.2 Å². The minimum Gasteiger partial charge on any atom is -0.317 e. The predicted octanol–water partition coefficient (Wildman–Crippen LogP) is 1.38. The van der Waals surface area contributed by atoms with Crippen LogP contribution in [0.1, 0.15) is 42.9 Å². The van der Waals surface area contributed by atoms with Crippen LogP contribution < -0.4 is 5.32 Å². The van der Waals surface area contributed by atoms with E-state index < -0.39 is 0 Å². The number of rotatable bonds is 6. The summed E-state index contributed by atoms with van der Waals surface area (Å²) < 4.78 is 4.11. The minimum atomic E-state index is 0.343. The highest BCUT2D eigenvalue weighted by molar-refractivity contribution is 5.07. The van der Waals surface area contributed by atoms with Crippen LogP contribution in [0.25, 0.3) is 0 Å². The fraction of sp³-hybridized carbons (Fsp3) is 0.643. The number of nitrogens with one attached hydrogen (secondary N) is 1. The summed E-state index contributed by atoms with van der Waals surface area (Å²) in [6, 6.07) is 0.343. The lowest BCUT2D eigenvalue weighted by molar-refractivity contribution is 0.442. The normalized spacial score (nSPS) is 16.6. The lowest BCUT2D eigenvalue weighted by Crippen LogP contribution is -2.31. The Balaban J connectivity index is 1.53. The Bertz CT molecular complexity index is 580. The summed E-state index contributed by atoms with van der Waals surface area (Å²) in [6.45, 7) is 5.83. The zero-order valence-corrected chi connectivity index (χ0v) is 12.4. The molecule has 0 spiro atoms. The first kappa shape index (κ1) is 13.3. The average Bonchev–Trinajstić information content (AvgIpc) is 3.07. The number of aromatic nitrogens is 5. The molecule has 3 rings (SSSR count). The minimum absolute atomic E-state index is 0.343. The Labute approximate surface area is 119 Å². The number of hydrogen-bond acceptors (Lipinski definition) is 4. The lowest BCUT2D eigenvalue weighted by atomic mass is 10.3. The van der Waals surface area contributed by atoms with Crippen LogP contribution in [0.2, 0.25) is 0 Å². The van der Waals surface area contributed by atoms with E-state index in [1.54, 1.807) is 0 Å². The van der Waals surface area contributed by atoms with Gasteiger partial charge in [0.15, 0.2) is 0 Å². The van der Waals surface area contributed by atoms with Crippen molar-refractivity contribution >= 4 is 0 Å². The van der Waals surface area contributed by atoms with E-state index in [0.29, 0.717) is 12.0 Å². The molecule has 2 aromatic heterocycles. The van der Waals surface area contributed by atoms with E-state index >= 15 is 0 Å². The van der Waals surface area contributed by atoms with E-state index in [2.05, 4.69) is 52.3 Å². The molecule has 0 aliphatic heterocycles. The van der Waals surface area contributed by atoms with Crippen molar-refractivity contribution in [3.63, 3.8) is 0 Å². The van der Waals surface area contributed by atoms with Crippen molar-refractivity contribution < 1.29 is 0 Å². The zero-order valence-electron chi connectivity index (χ0n) is 12.4. The van der Waals surface area contributed by atoms with E-state index in [0.717, 1.165) is 24.7 Å². The molecule has 20 heavy (non-hydrogen) atoms. The van der Waals surface area contributed by atoms with Gasteiger partial charge in [-0.25, -0.2) is 0 Å². The summed E-state index contributed by atoms with van der Waals surface area (Å²) in [5.41, 5.74) is 1.19. The molecule has 1 aliphatic rings. The van der Waals surface area contributed by atoms with E-state index in [9.17, 15) is 0 Å². The van der Waals surface area contributed by atoms with Crippen molar-refractivity contribution in [2.45, 2.75) is 51.7 Å². The Kier molecular flexibility index (Phi) is 3.56. The maximum Gasteiger partial charge on any atom is 0.146 e. The van der Waals surface area contributed by atoms with Crippen LogP contribution in [0.3, 0.4) is 0 Å². The van der Waals surface area contributed by atoms with Gasteiger partial charge in [0.25, 0.3) is 0 Å². The molecule has 0 unspecified atom stereocenters. The second kappa shape index (κ2) is 5.36. The molecule has 2 aromatic rings. The quantitative estimate of drug-likeness (QED) is 0.864. The van der Waals surface area contributed by atoms with Crippen molar-refractivity contribution in [3.05, 3.63) is 29.6 Å². The highest BCUT2D eigenvalue weighted by Gasteiger charge is 2.29. The van der Waals surface area contributed by atoms with Gasteiger partial charge in [-0.3, -0.25) is 4.68 Å². The standard InChI is InChI=1S/C14H22N6/c1-10-6-16-20(8-10)9-11(2)15-7-13-17-18-14(19(13)3)12-4-5-12/h6,8,11-12,15H,4-5,7,9H2,1-3H3/t11-/m0/s1. The van der Waals surface area contributed by atoms with E-state index in [1.807, 2.05) is 10.9 Å². The van der Waals surface area contributed by atoms with Crippen molar-refractivity contribution in [1.82, 2.24) is 29.9 Å². The molecule has 1 N–H and O–H groups in total. The fourth-order valence-corrected chi connectivity index (χ4v) is 2.40. The van der Waals surface area contributed by atoms with Crippen LogP contribution >= 0.6 is 0 Å². The first-order valence-electron chi connectivity index (χ1n) is 7.24. The average molecular weight is 274 g/mol. The van der Waals surface area contributed by atoms with Crippen molar-refractivity contribution in [2.24, 2.45) is 7.05 Å². The van der Waals surface area contributed by atoms with Crippen LogP contribution in [-0.4, -0.2) is 30.6 Å². The second-order valence-corrected chi connectivity index (χ2v) is 5.83. The summed E-state index contributed by atoms with van der Waals surface area (Å²) in [6.07, 6.45) is 6.46. The molecule has 0 bridgehead atoms. The molecule has 108 valence electrons. The Morgan fingerprint density at radius 2 is 2.20 bits per heavy atom. The number of nitrogens with zero attached hydrogens (tertiary/aromatic N) is 5. The monoisotopic (exact) mass is 274 g/mol. The van der Waals surface area contributed by atoms with Crippen LogP contribution in [0.4, 0.5) is 0 Å². The van der Waals surface area contributed by atoms with Crippen LogP contribution in [-0.2, 0) is 20.1 Å². The second-order valence-electron chi connectivity index (χ2n) is 5.83. The summed E-state index contributed by atoms with van der Waals surface area (Å²) >= 11 is 0. The molecule has 6 heteroatoms. The molecule has 2 heterocycles. The van der Waals surface area contributed by atoms with Gasteiger partial charge in [-0.05, 0) is 32.3 Å². The van der Waals surface area contributed by atoms with Gasteiger partial charge in [-0.15, -0.1) is 10.2 Å². The number of hydrogen-bond donors (Lipinski definition) is 1. The van der Waals surface area contributed by atoms with E-state index in [1.165, 1.54) is 18.4 Å². The van der Waals surface area contributed by atoms with Gasteiger partial charge in [0.2, 0.25) is 0 Å². The van der Waals surface area contributed by atoms with Crippen molar-refractivity contribution in [2.75, 3.05) is 0 Å². The summed E-state index contributed by atoms with van der Waals surface area (Å²) in [5, 5.41) is 16.4. The topological polar surface area (TPSA) is 60.6 Å². The molecule has 0 amide bonds. The third-order valence-electron chi connectivity index (χ3n) is 3.77. The third-order valence-corrected chi connectivity index (χ3v) is 3.77. The molecule has 0 aromatic carbocycles. The number of aryl methyl sites for hydroxylation is 1. The summed E-state index contributed by atoms with van der Waals surface area (Å²) in [4.78, 5) is 0. The van der Waals surface area contributed by atoms with Crippen molar-refractivity contribution in [1.29, 1.82) is 0 Å². The molecule has 6 nitrogen and oxygen atoms in total. The molecule has 1 fully saturated rings. The summed E-state index contributed by atoms with van der Waals surface area (Å²) in [5.74, 6) is 2.79. The molecular formula is C14H22N6. The molecular weight excluding hydrogens is 252 g/mol. The maximum atomic E-state index is 4.31. The Morgan fingerprint density at radius 3 is 2.85 bits per heavy atom. The van der Waals surface area contributed by atoms with E-state index in [-0.39, 0.29) is 0 Å². The molecule has 0 radical (unpaired) electrons. The largest absolute Gasteiger partial charge is 0.317 e. The van der Waals surface area contributed by atoms with E-state index in [4.69, 9.17) is 0 Å². The van der Waals surface area contributed by atoms with Gasteiger partial charge < -0.3 is 9.88 Å². The summed E-state index contributed by atoms with van der Waals surface area (Å²) in [7, 11) is 2.06. The Morgan fingerprint density at radius 1 is 1.40 bits per heavy atom. The molecule has 0 saturated heterocycles. The van der Waals surface area contributed by atoms with Gasteiger partial charge >= 0.3 is 0 Å². The fourth-order valence-electron chi connectivity index (χ4n) is 2.40. The third kappa shape index (κ3) is 2.90. The van der Waals surface area contributed by atoms with Crippen molar-refractivity contribution in [3.8, 4) is 0 Å². The van der Waals surface area contributed by atoms with Crippen LogP contribution in [0, 0.1) is 6.92 Å². The molecule has 1 atom stereocenters. The van der Waals surface area contributed by atoms with Gasteiger partial charge in [0.1, 0.15) is 11.6 Å². The molecule has 1 saturated carbocycles. The highest BCUT2D eigenvalue weighted by Crippen LogP contribution is 2.38. The first-order valence-corrected chi connectivity index (χ1v) is 7.24. The zero-order chi connectivity index (χ0) is 14.1. The SMILES string of the molecule is Cc1cnn(C[C@H](C)NCc2nnc(C3CC3)n2C)c1.